The van der Waals surface area contributed by atoms with Crippen LogP contribution >= 0.6 is 23.4 Å². The lowest BCUT2D eigenvalue weighted by molar-refractivity contribution is -0.113. The molecule has 0 fully saturated rings. The summed E-state index contributed by atoms with van der Waals surface area (Å²) in [5, 5.41) is 12.6. The molecule has 0 aliphatic heterocycles. The van der Waals surface area contributed by atoms with E-state index in [-0.39, 0.29) is 17.8 Å². The maximum Gasteiger partial charge on any atom is 0.234 e. The van der Waals surface area contributed by atoms with Gasteiger partial charge in [0.15, 0.2) is 17.1 Å². The normalized spacial score (nSPS) is 11.7. The number of nitrogens with one attached hydrogen (secondary N) is 1. The average Bonchev–Trinajstić information content (AvgIpc) is 3.17. The van der Waals surface area contributed by atoms with Crippen LogP contribution in [0.1, 0.15) is 25.8 Å². The van der Waals surface area contributed by atoms with Gasteiger partial charge in [-0.25, -0.2) is 0 Å². The summed E-state index contributed by atoms with van der Waals surface area (Å²) in [4.78, 5) is 12.3. The molecule has 9 heteroatoms. The average molecular weight is 447 g/mol. The molecule has 1 atom stereocenters. The van der Waals surface area contributed by atoms with Gasteiger partial charge in [0, 0.05) is 18.3 Å². The van der Waals surface area contributed by atoms with E-state index in [0.717, 1.165) is 0 Å². The lowest BCUT2D eigenvalue weighted by atomic mass is 10.3. The van der Waals surface area contributed by atoms with Crippen LogP contribution in [0.2, 0.25) is 5.02 Å². The number of para-hydroxylation sites is 1. The van der Waals surface area contributed by atoms with Crippen molar-refractivity contribution in [3.05, 3.63) is 59.4 Å². The zero-order chi connectivity index (χ0) is 21.5. The van der Waals surface area contributed by atoms with Crippen LogP contribution in [0.15, 0.2) is 53.7 Å². The maximum absolute atomic E-state index is 12.3. The first-order chi connectivity index (χ1) is 14.5. The van der Waals surface area contributed by atoms with Crippen molar-refractivity contribution in [1.29, 1.82) is 0 Å². The van der Waals surface area contributed by atoms with E-state index in [2.05, 4.69) is 15.5 Å². The Morgan fingerprint density at radius 1 is 1.23 bits per heavy atom. The number of ether oxygens (including phenoxy) is 2. The van der Waals surface area contributed by atoms with E-state index in [0.29, 0.717) is 39.7 Å². The van der Waals surface area contributed by atoms with E-state index in [1.165, 1.54) is 11.8 Å². The highest BCUT2D eigenvalue weighted by Crippen LogP contribution is 2.29. The molecule has 0 radical (unpaired) electrons. The van der Waals surface area contributed by atoms with Crippen LogP contribution in [0, 0.1) is 0 Å². The first-order valence-electron chi connectivity index (χ1n) is 9.42. The van der Waals surface area contributed by atoms with E-state index in [9.17, 15) is 4.79 Å². The van der Waals surface area contributed by atoms with E-state index in [4.69, 9.17) is 21.1 Å². The molecule has 1 heterocycles. The van der Waals surface area contributed by atoms with Crippen molar-refractivity contribution in [3.8, 4) is 11.5 Å². The van der Waals surface area contributed by atoms with Crippen LogP contribution in [-0.2, 0) is 11.3 Å². The van der Waals surface area contributed by atoms with Gasteiger partial charge >= 0.3 is 0 Å². The van der Waals surface area contributed by atoms with E-state index in [1.54, 1.807) is 19.2 Å². The minimum atomic E-state index is -0.350. The van der Waals surface area contributed by atoms with Crippen molar-refractivity contribution in [2.75, 3.05) is 18.2 Å². The molecule has 0 bridgehead atoms. The van der Waals surface area contributed by atoms with Crippen molar-refractivity contribution >= 4 is 35.0 Å². The summed E-state index contributed by atoms with van der Waals surface area (Å²) >= 11 is 7.50. The number of amides is 1. The molecule has 1 unspecified atom stereocenters. The van der Waals surface area contributed by atoms with Gasteiger partial charge in [-0.1, -0.05) is 41.6 Å². The second-order valence-corrected chi connectivity index (χ2v) is 7.69. The number of nitrogens with zero attached hydrogens (tertiary/aromatic N) is 3. The Morgan fingerprint density at radius 2 is 2.03 bits per heavy atom. The molecule has 1 amide bonds. The lowest BCUT2D eigenvalue weighted by Gasteiger charge is -2.16. The van der Waals surface area contributed by atoms with Gasteiger partial charge < -0.3 is 19.4 Å². The second-order valence-electron chi connectivity index (χ2n) is 6.34. The molecule has 3 rings (SSSR count). The van der Waals surface area contributed by atoms with Gasteiger partial charge in [0.1, 0.15) is 11.5 Å². The van der Waals surface area contributed by atoms with Gasteiger partial charge in [-0.2, -0.15) is 0 Å². The maximum atomic E-state index is 12.3. The van der Waals surface area contributed by atoms with Crippen LogP contribution in [0.3, 0.4) is 0 Å². The van der Waals surface area contributed by atoms with Crippen molar-refractivity contribution in [1.82, 2.24) is 14.8 Å². The quantitative estimate of drug-likeness (QED) is 0.474. The molecule has 1 N–H and O–H groups in total. The van der Waals surface area contributed by atoms with Gasteiger partial charge in [0.05, 0.1) is 17.9 Å². The molecule has 158 valence electrons. The van der Waals surface area contributed by atoms with Crippen LogP contribution in [0.25, 0.3) is 0 Å². The summed E-state index contributed by atoms with van der Waals surface area (Å²) in [7, 11) is 1.59. The Morgan fingerprint density at radius 3 is 2.77 bits per heavy atom. The smallest absolute Gasteiger partial charge is 0.234 e. The summed E-state index contributed by atoms with van der Waals surface area (Å²) in [6.07, 6.45) is -0.350. The van der Waals surface area contributed by atoms with E-state index in [1.807, 2.05) is 54.8 Å². The SMILES string of the molecule is CCn1c(SCC(=O)Nc2cccc(OC)c2)nnc1C(C)Oc1ccccc1Cl. The van der Waals surface area contributed by atoms with E-state index < -0.39 is 0 Å². The second kappa shape index (κ2) is 10.4. The van der Waals surface area contributed by atoms with Gasteiger partial charge in [-0.3, -0.25) is 4.79 Å². The highest BCUT2D eigenvalue weighted by molar-refractivity contribution is 7.99. The van der Waals surface area contributed by atoms with Crippen LogP contribution in [0.5, 0.6) is 11.5 Å². The van der Waals surface area contributed by atoms with Crippen molar-refractivity contribution in [2.45, 2.75) is 31.7 Å². The molecule has 30 heavy (non-hydrogen) atoms. The molecule has 3 aromatic rings. The summed E-state index contributed by atoms with van der Waals surface area (Å²) in [6, 6.07) is 14.5. The fraction of sp³-hybridized carbons (Fsp3) is 0.286. The predicted octanol–water partition coefficient (Wildman–Crippen LogP) is 4.83. The van der Waals surface area contributed by atoms with E-state index >= 15 is 0 Å². The fourth-order valence-corrected chi connectivity index (χ4v) is 3.81. The fourth-order valence-electron chi connectivity index (χ4n) is 2.82. The van der Waals surface area contributed by atoms with Gasteiger partial charge in [-0.05, 0) is 38.1 Å². The zero-order valence-electron chi connectivity index (χ0n) is 17.0. The Labute approximate surface area is 184 Å². The van der Waals surface area contributed by atoms with Crippen LogP contribution < -0.4 is 14.8 Å². The Balaban J connectivity index is 1.63. The monoisotopic (exact) mass is 446 g/mol. The van der Waals surface area contributed by atoms with Gasteiger partial charge in [0.25, 0.3) is 0 Å². The summed E-state index contributed by atoms with van der Waals surface area (Å²) in [5.41, 5.74) is 0.680. The van der Waals surface area contributed by atoms with Crippen molar-refractivity contribution in [2.24, 2.45) is 0 Å². The minimum absolute atomic E-state index is 0.138. The Bertz CT molecular complexity index is 1010. The number of anilines is 1. The number of carbonyl (C=O) groups excluding carboxylic acids is 1. The largest absolute Gasteiger partial charge is 0.497 e. The number of carbonyl (C=O) groups is 1. The Kier molecular flexibility index (Phi) is 7.59. The molecule has 0 saturated carbocycles. The first-order valence-corrected chi connectivity index (χ1v) is 10.8. The summed E-state index contributed by atoms with van der Waals surface area (Å²) in [5.74, 6) is 2.01. The number of methoxy groups -OCH3 is 1. The molecular weight excluding hydrogens is 424 g/mol. The van der Waals surface area contributed by atoms with Crippen molar-refractivity contribution in [3.63, 3.8) is 0 Å². The molecule has 0 aliphatic carbocycles. The van der Waals surface area contributed by atoms with Gasteiger partial charge in [0.2, 0.25) is 5.91 Å². The molecule has 2 aromatic carbocycles. The molecular formula is C21H23ClN4O3S. The van der Waals surface area contributed by atoms with Crippen molar-refractivity contribution < 1.29 is 14.3 Å². The molecule has 0 saturated heterocycles. The molecule has 7 nitrogen and oxygen atoms in total. The predicted molar refractivity (Wildman–Crippen MR) is 119 cm³/mol. The highest BCUT2D eigenvalue weighted by atomic mass is 35.5. The number of benzene rings is 2. The number of rotatable bonds is 9. The third-order valence-corrected chi connectivity index (χ3v) is 5.53. The summed E-state index contributed by atoms with van der Waals surface area (Å²) < 4.78 is 13.1. The minimum Gasteiger partial charge on any atom is -0.497 e. The Hall–Kier alpha value is -2.71. The van der Waals surface area contributed by atoms with Crippen LogP contribution in [0.4, 0.5) is 5.69 Å². The standard InChI is InChI=1S/C21H23ClN4O3S/c1-4-26-20(14(2)29-18-11-6-5-10-17(18)22)24-25-21(26)30-13-19(27)23-15-8-7-9-16(12-15)28-3/h5-12,14H,4,13H2,1-3H3,(H,23,27). The molecule has 0 aliphatic rings. The first kappa shape index (κ1) is 22.0. The number of hydrogen-bond acceptors (Lipinski definition) is 6. The molecule has 1 aromatic heterocycles. The number of aromatic nitrogens is 3. The summed E-state index contributed by atoms with van der Waals surface area (Å²) in [6.45, 7) is 4.54. The van der Waals surface area contributed by atoms with Crippen LogP contribution in [-0.4, -0.2) is 33.5 Å². The van der Waals surface area contributed by atoms with Gasteiger partial charge in [-0.15, -0.1) is 10.2 Å². The number of thioether (sulfide) groups is 1. The third-order valence-electron chi connectivity index (χ3n) is 4.25. The highest BCUT2D eigenvalue weighted by Gasteiger charge is 2.20. The third kappa shape index (κ3) is 5.46. The number of halogens is 1. The lowest BCUT2D eigenvalue weighted by Crippen LogP contribution is -2.15. The topological polar surface area (TPSA) is 78.3 Å². The zero-order valence-corrected chi connectivity index (χ0v) is 18.5. The molecule has 0 spiro atoms. The number of hydrogen-bond donors (Lipinski definition) is 1.